The largest absolute Gasteiger partial charge is 0.366 e. The number of rotatable bonds is 4. The minimum atomic E-state index is 0.618. The first-order valence-corrected chi connectivity index (χ1v) is 8.49. The topological polar surface area (TPSA) is 15.3 Å². The Bertz CT molecular complexity index is 390. The molecule has 106 valence electrons. The number of hydrogen-bond acceptors (Lipinski definition) is 2. The Morgan fingerprint density at radius 3 is 2.58 bits per heavy atom. The highest BCUT2D eigenvalue weighted by Gasteiger charge is 2.29. The van der Waals surface area contributed by atoms with Crippen molar-refractivity contribution in [3.63, 3.8) is 0 Å². The zero-order valence-electron chi connectivity index (χ0n) is 12.2. The fraction of sp³-hybridized carbons (Fsp3) is 0.625. The van der Waals surface area contributed by atoms with E-state index in [4.69, 9.17) is 0 Å². The predicted molar refractivity (Wildman–Crippen MR) is 91.8 cm³/mol. The van der Waals surface area contributed by atoms with Crippen LogP contribution in [0.1, 0.15) is 33.6 Å². The Labute approximate surface area is 131 Å². The first kappa shape index (κ1) is 15.1. The Balaban J connectivity index is 2.16. The van der Waals surface area contributed by atoms with E-state index >= 15 is 0 Å². The van der Waals surface area contributed by atoms with Gasteiger partial charge < -0.3 is 10.2 Å². The molecule has 1 saturated heterocycles. The zero-order chi connectivity index (χ0) is 13.8. The SMILES string of the molecule is CCC(C)C1CN(c2ccc(I)cc2)C(CC)CN1. The number of hydrogen-bond donors (Lipinski definition) is 1. The van der Waals surface area contributed by atoms with Crippen LogP contribution in [0.25, 0.3) is 0 Å². The maximum Gasteiger partial charge on any atom is 0.0412 e. The third-order valence-electron chi connectivity index (χ3n) is 4.41. The minimum absolute atomic E-state index is 0.618. The fourth-order valence-electron chi connectivity index (χ4n) is 2.80. The van der Waals surface area contributed by atoms with Gasteiger partial charge in [-0.1, -0.05) is 27.2 Å². The molecule has 0 saturated carbocycles. The van der Waals surface area contributed by atoms with Gasteiger partial charge in [0.15, 0.2) is 0 Å². The van der Waals surface area contributed by atoms with E-state index in [-0.39, 0.29) is 0 Å². The molecular weight excluding hydrogens is 347 g/mol. The molecule has 3 heteroatoms. The molecule has 19 heavy (non-hydrogen) atoms. The summed E-state index contributed by atoms with van der Waals surface area (Å²) >= 11 is 2.37. The summed E-state index contributed by atoms with van der Waals surface area (Å²) in [6.07, 6.45) is 2.45. The van der Waals surface area contributed by atoms with Crippen LogP contribution in [0.2, 0.25) is 0 Å². The Hall–Kier alpha value is -0.290. The van der Waals surface area contributed by atoms with Gasteiger partial charge in [-0.05, 0) is 59.2 Å². The molecule has 3 unspecified atom stereocenters. The molecule has 0 aromatic heterocycles. The Kier molecular flexibility index (Phi) is 5.51. The zero-order valence-corrected chi connectivity index (χ0v) is 14.4. The van der Waals surface area contributed by atoms with Gasteiger partial charge in [-0.25, -0.2) is 0 Å². The second-order valence-electron chi connectivity index (χ2n) is 5.59. The molecule has 1 heterocycles. The normalized spacial score (nSPS) is 25.4. The van der Waals surface area contributed by atoms with Crippen LogP contribution in [0.5, 0.6) is 0 Å². The molecule has 2 rings (SSSR count). The van der Waals surface area contributed by atoms with Crippen molar-refractivity contribution in [2.75, 3.05) is 18.0 Å². The van der Waals surface area contributed by atoms with Crippen LogP contribution >= 0.6 is 22.6 Å². The summed E-state index contributed by atoms with van der Waals surface area (Å²) in [6, 6.07) is 10.2. The summed E-state index contributed by atoms with van der Waals surface area (Å²) in [5, 5.41) is 3.74. The van der Waals surface area contributed by atoms with E-state index in [0.717, 1.165) is 19.0 Å². The van der Waals surface area contributed by atoms with E-state index in [9.17, 15) is 0 Å². The molecule has 0 bridgehead atoms. The molecule has 0 spiro atoms. The second kappa shape index (κ2) is 6.93. The summed E-state index contributed by atoms with van der Waals surface area (Å²) in [6.45, 7) is 9.17. The quantitative estimate of drug-likeness (QED) is 0.807. The van der Waals surface area contributed by atoms with E-state index in [2.05, 4.69) is 77.8 Å². The number of piperazine rings is 1. The van der Waals surface area contributed by atoms with Gasteiger partial charge in [-0.3, -0.25) is 0 Å². The number of benzene rings is 1. The summed E-state index contributed by atoms with van der Waals surface area (Å²) in [7, 11) is 0. The lowest BCUT2D eigenvalue weighted by atomic mass is 9.94. The molecule has 1 aromatic rings. The van der Waals surface area contributed by atoms with E-state index in [1.807, 2.05) is 0 Å². The molecule has 1 aliphatic heterocycles. The van der Waals surface area contributed by atoms with Gasteiger partial charge in [0.2, 0.25) is 0 Å². The lowest BCUT2D eigenvalue weighted by Gasteiger charge is -2.43. The average molecular weight is 372 g/mol. The van der Waals surface area contributed by atoms with E-state index in [0.29, 0.717) is 12.1 Å². The molecule has 1 N–H and O–H groups in total. The van der Waals surface area contributed by atoms with Crippen LogP contribution < -0.4 is 10.2 Å². The van der Waals surface area contributed by atoms with Gasteiger partial charge in [0.05, 0.1) is 0 Å². The summed E-state index contributed by atoms with van der Waals surface area (Å²) in [4.78, 5) is 2.60. The highest BCUT2D eigenvalue weighted by Crippen LogP contribution is 2.24. The van der Waals surface area contributed by atoms with Crippen molar-refractivity contribution < 1.29 is 0 Å². The standard InChI is InChI=1S/C16H25IN2/c1-4-12(3)16-11-19(14(5-2)10-18-16)15-8-6-13(17)7-9-15/h6-9,12,14,16,18H,4-5,10-11H2,1-3H3. The number of nitrogens with one attached hydrogen (secondary N) is 1. The van der Waals surface area contributed by atoms with Crippen molar-refractivity contribution in [2.24, 2.45) is 5.92 Å². The molecule has 0 radical (unpaired) electrons. The van der Waals surface area contributed by atoms with Crippen molar-refractivity contribution >= 4 is 28.3 Å². The summed E-state index contributed by atoms with van der Waals surface area (Å²) in [5.74, 6) is 0.740. The van der Waals surface area contributed by atoms with Crippen molar-refractivity contribution in [2.45, 2.75) is 45.7 Å². The average Bonchev–Trinajstić information content (AvgIpc) is 2.46. The maximum absolute atomic E-state index is 3.74. The van der Waals surface area contributed by atoms with Crippen LogP contribution in [0.3, 0.4) is 0 Å². The first-order chi connectivity index (χ1) is 9.15. The number of nitrogens with zero attached hydrogens (tertiary/aromatic N) is 1. The Morgan fingerprint density at radius 2 is 2.00 bits per heavy atom. The molecular formula is C16H25IN2. The van der Waals surface area contributed by atoms with Gasteiger partial charge in [0, 0.05) is 34.4 Å². The monoisotopic (exact) mass is 372 g/mol. The van der Waals surface area contributed by atoms with Crippen LogP contribution in [0.15, 0.2) is 24.3 Å². The van der Waals surface area contributed by atoms with Crippen molar-refractivity contribution in [1.82, 2.24) is 5.32 Å². The first-order valence-electron chi connectivity index (χ1n) is 7.41. The van der Waals surface area contributed by atoms with E-state index < -0.39 is 0 Å². The van der Waals surface area contributed by atoms with Gasteiger partial charge in [0.25, 0.3) is 0 Å². The number of halogens is 1. The third kappa shape index (κ3) is 3.63. The van der Waals surface area contributed by atoms with Crippen LogP contribution in [0, 0.1) is 9.49 Å². The maximum atomic E-state index is 3.74. The lowest BCUT2D eigenvalue weighted by molar-refractivity contribution is 0.306. The van der Waals surface area contributed by atoms with Gasteiger partial charge in [-0.15, -0.1) is 0 Å². The second-order valence-corrected chi connectivity index (χ2v) is 6.84. The third-order valence-corrected chi connectivity index (χ3v) is 5.13. The highest BCUT2D eigenvalue weighted by atomic mass is 127. The van der Waals surface area contributed by atoms with E-state index in [1.165, 1.54) is 22.1 Å². The van der Waals surface area contributed by atoms with Crippen molar-refractivity contribution in [3.8, 4) is 0 Å². The predicted octanol–water partition coefficient (Wildman–Crippen LogP) is 3.89. The van der Waals surface area contributed by atoms with E-state index in [1.54, 1.807) is 0 Å². The van der Waals surface area contributed by atoms with Gasteiger partial charge in [0.1, 0.15) is 0 Å². The van der Waals surface area contributed by atoms with Crippen LogP contribution in [0.4, 0.5) is 5.69 Å². The molecule has 0 aliphatic carbocycles. The minimum Gasteiger partial charge on any atom is -0.366 e. The lowest BCUT2D eigenvalue weighted by Crippen LogP contribution is -2.58. The molecule has 1 aromatic carbocycles. The van der Waals surface area contributed by atoms with Gasteiger partial charge in [-0.2, -0.15) is 0 Å². The number of anilines is 1. The van der Waals surface area contributed by atoms with Gasteiger partial charge >= 0.3 is 0 Å². The Morgan fingerprint density at radius 1 is 1.32 bits per heavy atom. The molecule has 0 amide bonds. The van der Waals surface area contributed by atoms with Crippen molar-refractivity contribution in [3.05, 3.63) is 27.8 Å². The molecule has 3 atom stereocenters. The fourth-order valence-corrected chi connectivity index (χ4v) is 3.16. The summed E-state index contributed by atoms with van der Waals surface area (Å²) in [5.41, 5.74) is 1.38. The molecule has 1 fully saturated rings. The molecule has 2 nitrogen and oxygen atoms in total. The van der Waals surface area contributed by atoms with Crippen LogP contribution in [-0.4, -0.2) is 25.2 Å². The molecule has 1 aliphatic rings. The van der Waals surface area contributed by atoms with Crippen LogP contribution in [-0.2, 0) is 0 Å². The van der Waals surface area contributed by atoms with Crippen molar-refractivity contribution in [1.29, 1.82) is 0 Å². The smallest absolute Gasteiger partial charge is 0.0412 e. The highest BCUT2D eigenvalue weighted by molar-refractivity contribution is 14.1. The summed E-state index contributed by atoms with van der Waals surface area (Å²) < 4.78 is 1.31.